The van der Waals surface area contributed by atoms with Gasteiger partial charge in [-0.1, -0.05) is 26.8 Å². The van der Waals surface area contributed by atoms with E-state index in [-0.39, 0.29) is 10.6 Å². The molecule has 106 valence electrons. The lowest BCUT2D eigenvalue weighted by Crippen LogP contribution is -2.30. The van der Waals surface area contributed by atoms with Crippen LogP contribution in [0, 0.1) is 23.0 Å². The zero-order valence-corrected chi connectivity index (χ0v) is 12.0. The van der Waals surface area contributed by atoms with Crippen molar-refractivity contribution < 1.29 is 9.66 Å². The van der Waals surface area contributed by atoms with Crippen molar-refractivity contribution in [1.29, 1.82) is 0 Å². The molecule has 0 heterocycles. The molecule has 1 rings (SSSR count). The maximum absolute atomic E-state index is 10.8. The van der Waals surface area contributed by atoms with Crippen molar-refractivity contribution in [3.05, 3.63) is 33.9 Å². The van der Waals surface area contributed by atoms with E-state index in [9.17, 15) is 10.1 Å². The van der Waals surface area contributed by atoms with Gasteiger partial charge in [0.1, 0.15) is 5.75 Å². The normalized spacial score (nSPS) is 12.5. The van der Waals surface area contributed by atoms with Crippen LogP contribution in [0.2, 0.25) is 0 Å². The van der Waals surface area contributed by atoms with Gasteiger partial charge in [-0.15, -0.1) is 0 Å². The average Bonchev–Trinajstić information content (AvgIpc) is 2.34. The van der Waals surface area contributed by atoms with E-state index in [4.69, 9.17) is 4.74 Å². The number of nitro groups is 1. The van der Waals surface area contributed by atoms with Gasteiger partial charge in [0, 0.05) is 24.6 Å². The summed E-state index contributed by atoms with van der Waals surface area (Å²) in [7, 11) is 0. The van der Waals surface area contributed by atoms with Crippen LogP contribution in [0.25, 0.3) is 0 Å². The molecule has 1 aromatic carbocycles. The average molecular weight is 266 g/mol. The molecule has 0 spiro atoms. The number of hydrogen-bond acceptors (Lipinski definition) is 4. The lowest BCUT2D eigenvalue weighted by molar-refractivity contribution is -0.385. The van der Waals surface area contributed by atoms with Crippen LogP contribution in [0.1, 0.15) is 26.3 Å². The Morgan fingerprint density at radius 3 is 2.63 bits per heavy atom. The Hall–Kier alpha value is -1.62. The molecule has 0 saturated carbocycles. The third-order valence-electron chi connectivity index (χ3n) is 2.85. The van der Waals surface area contributed by atoms with Crippen molar-refractivity contribution in [3.63, 3.8) is 0 Å². The Bertz CT molecular complexity index is 433. The van der Waals surface area contributed by atoms with Crippen molar-refractivity contribution in [2.24, 2.45) is 5.92 Å². The number of nitro benzene ring substituents is 1. The number of rotatable bonds is 7. The molecule has 0 aliphatic heterocycles. The van der Waals surface area contributed by atoms with E-state index in [2.05, 4.69) is 26.1 Å². The largest absolute Gasteiger partial charge is 0.493 e. The Morgan fingerprint density at radius 1 is 1.37 bits per heavy atom. The van der Waals surface area contributed by atoms with Gasteiger partial charge in [0.25, 0.3) is 5.69 Å². The van der Waals surface area contributed by atoms with Crippen LogP contribution in [0.15, 0.2) is 18.2 Å². The molecule has 19 heavy (non-hydrogen) atoms. The van der Waals surface area contributed by atoms with Crippen molar-refractivity contribution in [2.75, 3.05) is 13.2 Å². The maximum Gasteiger partial charge on any atom is 0.276 e. The Labute approximate surface area is 114 Å². The third kappa shape index (κ3) is 4.87. The molecule has 1 unspecified atom stereocenters. The SMILES string of the molecule is Cc1c(OCC(C)CNC(C)C)cccc1[N+](=O)[O-]. The third-order valence-corrected chi connectivity index (χ3v) is 2.85. The van der Waals surface area contributed by atoms with Crippen LogP contribution in [0.4, 0.5) is 5.69 Å². The van der Waals surface area contributed by atoms with E-state index in [1.165, 1.54) is 6.07 Å². The highest BCUT2D eigenvalue weighted by atomic mass is 16.6. The Morgan fingerprint density at radius 2 is 2.05 bits per heavy atom. The summed E-state index contributed by atoms with van der Waals surface area (Å²) in [6.07, 6.45) is 0. The van der Waals surface area contributed by atoms with E-state index in [0.29, 0.717) is 29.9 Å². The lowest BCUT2D eigenvalue weighted by Gasteiger charge is -2.16. The van der Waals surface area contributed by atoms with Gasteiger partial charge in [0.15, 0.2) is 0 Å². The molecule has 0 aliphatic rings. The van der Waals surface area contributed by atoms with Crippen LogP contribution < -0.4 is 10.1 Å². The van der Waals surface area contributed by atoms with Crippen LogP contribution in [-0.2, 0) is 0 Å². The summed E-state index contributed by atoms with van der Waals surface area (Å²) in [5.74, 6) is 0.937. The summed E-state index contributed by atoms with van der Waals surface area (Å²) >= 11 is 0. The van der Waals surface area contributed by atoms with Crippen LogP contribution in [0.3, 0.4) is 0 Å². The highest BCUT2D eigenvalue weighted by Crippen LogP contribution is 2.27. The predicted molar refractivity (Wildman–Crippen MR) is 75.6 cm³/mol. The Kier molecular flexibility index (Phi) is 5.76. The minimum absolute atomic E-state index is 0.102. The second-order valence-electron chi connectivity index (χ2n) is 5.14. The van der Waals surface area contributed by atoms with Crippen molar-refractivity contribution in [3.8, 4) is 5.75 Å². The molecule has 0 amide bonds. The monoisotopic (exact) mass is 266 g/mol. The molecule has 0 aliphatic carbocycles. The van der Waals surface area contributed by atoms with Crippen LogP contribution >= 0.6 is 0 Å². The van der Waals surface area contributed by atoms with Crippen LogP contribution in [-0.4, -0.2) is 24.1 Å². The number of ether oxygens (including phenoxy) is 1. The predicted octanol–water partition coefficient (Wildman–Crippen LogP) is 2.92. The molecule has 0 bridgehead atoms. The number of benzene rings is 1. The van der Waals surface area contributed by atoms with Gasteiger partial charge in [-0.2, -0.15) is 0 Å². The van der Waals surface area contributed by atoms with E-state index < -0.39 is 0 Å². The highest BCUT2D eigenvalue weighted by molar-refractivity contribution is 5.48. The molecule has 0 fully saturated rings. The van der Waals surface area contributed by atoms with Gasteiger partial charge >= 0.3 is 0 Å². The summed E-state index contributed by atoms with van der Waals surface area (Å²) in [4.78, 5) is 10.4. The second kappa shape index (κ2) is 7.09. The van der Waals surface area contributed by atoms with Gasteiger partial charge < -0.3 is 10.1 Å². The number of nitrogens with one attached hydrogen (secondary N) is 1. The summed E-state index contributed by atoms with van der Waals surface area (Å²) < 4.78 is 5.68. The zero-order chi connectivity index (χ0) is 14.4. The molecule has 1 N–H and O–H groups in total. The molecule has 5 nitrogen and oxygen atoms in total. The van der Waals surface area contributed by atoms with Crippen molar-refractivity contribution in [1.82, 2.24) is 5.32 Å². The summed E-state index contributed by atoms with van der Waals surface area (Å²) in [5.41, 5.74) is 0.682. The zero-order valence-electron chi connectivity index (χ0n) is 12.0. The van der Waals surface area contributed by atoms with E-state index in [1.807, 2.05) is 0 Å². The molecular weight excluding hydrogens is 244 g/mol. The van der Waals surface area contributed by atoms with Crippen molar-refractivity contribution >= 4 is 5.69 Å². The number of nitrogens with zero attached hydrogens (tertiary/aromatic N) is 1. The molecule has 1 atom stereocenters. The quantitative estimate of drug-likeness (QED) is 0.608. The van der Waals surface area contributed by atoms with Gasteiger partial charge in [0.2, 0.25) is 0 Å². The first-order valence-electron chi connectivity index (χ1n) is 6.52. The molecule has 1 aromatic rings. The molecule has 5 heteroatoms. The van der Waals surface area contributed by atoms with E-state index in [1.54, 1.807) is 19.1 Å². The maximum atomic E-state index is 10.8. The first kappa shape index (κ1) is 15.4. The smallest absolute Gasteiger partial charge is 0.276 e. The van der Waals surface area contributed by atoms with Gasteiger partial charge in [0.05, 0.1) is 17.1 Å². The Balaban J connectivity index is 2.58. The fourth-order valence-electron chi connectivity index (χ4n) is 1.68. The highest BCUT2D eigenvalue weighted by Gasteiger charge is 2.14. The topological polar surface area (TPSA) is 64.4 Å². The second-order valence-corrected chi connectivity index (χ2v) is 5.14. The summed E-state index contributed by atoms with van der Waals surface area (Å²) in [5, 5.41) is 14.2. The van der Waals surface area contributed by atoms with Gasteiger partial charge in [-0.25, -0.2) is 0 Å². The molecule has 0 aromatic heterocycles. The van der Waals surface area contributed by atoms with Crippen LogP contribution in [0.5, 0.6) is 5.75 Å². The molecule has 0 radical (unpaired) electrons. The minimum Gasteiger partial charge on any atom is -0.493 e. The fraction of sp³-hybridized carbons (Fsp3) is 0.571. The summed E-state index contributed by atoms with van der Waals surface area (Å²) in [6, 6.07) is 5.36. The number of hydrogen-bond donors (Lipinski definition) is 1. The van der Waals surface area contributed by atoms with Gasteiger partial charge in [-0.3, -0.25) is 10.1 Å². The molecular formula is C14H22N2O3. The van der Waals surface area contributed by atoms with Crippen molar-refractivity contribution in [2.45, 2.75) is 33.7 Å². The minimum atomic E-state index is -0.383. The van der Waals surface area contributed by atoms with E-state index in [0.717, 1.165) is 6.54 Å². The summed E-state index contributed by atoms with van der Waals surface area (Å²) in [6.45, 7) is 9.40. The lowest BCUT2D eigenvalue weighted by atomic mass is 10.1. The first-order valence-corrected chi connectivity index (χ1v) is 6.52. The first-order chi connectivity index (χ1) is 8.91. The molecule has 0 saturated heterocycles. The fourth-order valence-corrected chi connectivity index (χ4v) is 1.68. The van der Waals surface area contributed by atoms with E-state index >= 15 is 0 Å². The van der Waals surface area contributed by atoms with Gasteiger partial charge in [-0.05, 0) is 13.0 Å². The standard InChI is InChI=1S/C14H22N2O3/c1-10(2)15-8-11(3)9-19-14-7-5-6-13(12(14)4)16(17)18/h5-7,10-11,15H,8-9H2,1-4H3.